The Labute approximate surface area is 147 Å². The highest BCUT2D eigenvalue weighted by Gasteiger charge is 2.15. The van der Waals surface area contributed by atoms with Gasteiger partial charge in [-0.15, -0.1) is 0 Å². The topological polar surface area (TPSA) is 33.1 Å². The van der Waals surface area contributed by atoms with Crippen LogP contribution in [0.5, 0.6) is 5.75 Å². The smallest absolute Gasteiger partial charge is 0.149 e. The van der Waals surface area contributed by atoms with Crippen LogP contribution in [-0.4, -0.2) is 10.1 Å². The predicted octanol–water partition coefficient (Wildman–Crippen LogP) is 5.89. The SMILES string of the molecule is Cc1ccc(-c2cc(-c3ccc(C)cc3)c3cccnc3c2O)cc1. The average Bonchev–Trinajstić information content (AvgIpc) is 2.64. The third-order valence-electron chi connectivity index (χ3n) is 4.59. The van der Waals surface area contributed by atoms with E-state index in [1.54, 1.807) is 6.20 Å². The zero-order chi connectivity index (χ0) is 17.4. The Morgan fingerprint density at radius 1 is 0.720 bits per heavy atom. The third-order valence-corrected chi connectivity index (χ3v) is 4.59. The Hall–Kier alpha value is -3.13. The van der Waals surface area contributed by atoms with Gasteiger partial charge < -0.3 is 5.11 Å². The first kappa shape index (κ1) is 15.4. The molecule has 122 valence electrons. The van der Waals surface area contributed by atoms with Gasteiger partial charge in [0, 0.05) is 17.1 Å². The molecule has 25 heavy (non-hydrogen) atoms. The average molecular weight is 325 g/mol. The summed E-state index contributed by atoms with van der Waals surface area (Å²) in [4.78, 5) is 4.44. The Morgan fingerprint density at radius 3 is 1.88 bits per heavy atom. The number of hydrogen-bond donors (Lipinski definition) is 1. The van der Waals surface area contributed by atoms with E-state index in [9.17, 15) is 5.11 Å². The number of aryl methyl sites for hydroxylation is 2. The lowest BCUT2D eigenvalue weighted by Gasteiger charge is -2.13. The lowest BCUT2D eigenvalue weighted by Crippen LogP contribution is -1.89. The normalized spacial score (nSPS) is 11.0. The monoisotopic (exact) mass is 325 g/mol. The highest BCUT2D eigenvalue weighted by Crippen LogP contribution is 2.40. The zero-order valence-electron chi connectivity index (χ0n) is 14.3. The molecular weight excluding hydrogens is 306 g/mol. The number of aromatic nitrogens is 1. The van der Waals surface area contributed by atoms with Gasteiger partial charge in [0.2, 0.25) is 0 Å². The maximum atomic E-state index is 10.8. The first-order valence-corrected chi connectivity index (χ1v) is 8.38. The number of hydrogen-bond acceptors (Lipinski definition) is 2. The molecule has 0 unspecified atom stereocenters. The molecule has 0 saturated carbocycles. The summed E-state index contributed by atoms with van der Waals surface area (Å²) in [6.07, 6.45) is 1.72. The highest BCUT2D eigenvalue weighted by atomic mass is 16.3. The third kappa shape index (κ3) is 2.76. The maximum Gasteiger partial charge on any atom is 0.149 e. The minimum absolute atomic E-state index is 0.232. The number of phenolic OH excluding ortho intramolecular Hbond substituents is 1. The van der Waals surface area contributed by atoms with Gasteiger partial charge in [0.25, 0.3) is 0 Å². The van der Waals surface area contributed by atoms with Crippen LogP contribution in [0.4, 0.5) is 0 Å². The number of fused-ring (bicyclic) bond motifs is 1. The van der Waals surface area contributed by atoms with Crippen LogP contribution >= 0.6 is 0 Å². The number of rotatable bonds is 2. The molecule has 4 aromatic rings. The van der Waals surface area contributed by atoms with Gasteiger partial charge in [-0.05, 0) is 42.7 Å². The van der Waals surface area contributed by atoms with Crippen molar-refractivity contribution in [3.63, 3.8) is 0 Å². The number of benzene rings is 3. The summed E-state index contributed by atoms with van der Waals surface area (Å²) < 4.78 is 0. The molecule has 0 atom stereocenters. The van der Waals surface area contributed by atoms with E-state index in [1.807, 2.05) is 24.3 Å². The minimum atomic E-state index is 0.232. The van der Waals surface area contributed by atoms with Crippen LogP contribution < -0.4 is 0 Å². The van der Waals surface area contributed by atoms with Crippen LogP contribution in [0.2, 0.25) is 0 Å². The molecular formula is C23H19NO. The van der Waals surface area contributed by atoms with Crippen molar-refractivity contribution < 1.29 is 5.11 Å². The van der Waals surface area contributed by atoms with Crippen LogP contribution in [0.25, 0.3) is 33.2 Å². The second kappa shape index (κ2) is 6.06. The molecule has 0 saturated heterocycles. The van der Waals surface area contributed by atoms with Gasteiger partial charge in [-0.3, -0.25) is 4.98 Å². The molecule has 3 aromatic carbocycles. The molecule has 2 heteroatoms. The largest absolute Gasteiger partial charge is 0.505 e. The zero-order valence-corrected chi connectivity index (χ0v) is 14.3. The van der Waals surface area contributed by atoms with Gasteiger partial charge in [-0.1, -0.05) is 65.7 Å². The van der Waals surface area contributed by atoms with Gasteiger partial charge in [0.05, 0.1) is 0 Å². The predicted molar refractivity (Wildman–Crippen MR) is 104 cm³/mol. The molecule has 1 heterocycles. The molecule has 0 aliphatic carbocycles. The molecule has 0 aliphatic heterocycles. The van der Waals surface area contributed by atoms with Crippen molar-refractivity contribution in [1.82, 2.24) is 4.98 Å². The lowest BCUT2D eigenvalue weighted by molar-refractivity contribution is 0.482. The van der Waals surface area contributed by atoms with Gasteiger partial charge in [0.15, 0.2) is 0 Å². The van der Waals surface area contributed by atoms with E-state index in [0.717, 1.165) is 27.6 Å². The van der Waals surface area contributed by atoms with Crippen molar-refractivity contribution in [3.8, 4) is 28.0 Å². The number of aromatic hydroxyl groups is 1. The first-order valence-electron chi connectivity index (χ1n) is 8.38. The Kier molecular flexibility index (Phi) is 3.73. The minimum Gasteiger partial charge on any atom is -0.505 e. The summed E-state index contributed by atoms with van der Waals surface area (Å²) in [5, 5.41) is 11.8. The van der Waals surface area contributed by atoms with Crippen LogP contribution in [0, 0.1) is 13.8 Å². The maximum absolute atomic E-state index is 10.8. The second-order valence-corrected chi connectivity index (χ2v) is 6.45. The molecule has 0 fully saturated rings. The van der Waals surface area contributed by atoms with E-state index in [2.05, 4.69) is 61.3 Å². The van der Waals surface area contributed by atoms with Crippen molar-refractivity contribution in [2.75, 3.05) is 0 Å². The van der Waals surface area contributed by atoms with Crippen molar-refractivity contribution in [2.24, 2.45) is 0 Å². The van der Waals surface area contributed by atoms with E-state index >= 15 is 0 Å². The van der Waals surface area contributed by atoms with Crippen LogP contribution in [0.15, 0.2) is 72.9 Å². The summed E-state index contributed by atoms with van der Waals surface area (Å²) in [6.45, 7) is 4.14. The van der Waals surface area contributed by atoms with Crippen molar-refractivity contribution in [3.05, 3.63) is 84.1 Å². The van der Waals surface area contributed by atoms with Gasteiger partial charge in [-0.2, -0.15) is 0 Å². The van der Waals surface area contributed by atoms with E-state index < -0.39 is 0 Å². The van der Waals surface area contributed by atoms with E-state index in [-0.39, 0.29) is 5.75 Å². The number of pyridine rings is 1. The molecule has 0 bridgehead atoms. The molecule has 1 N–H and O–H groups in total. The van der Waals surface area contributed by atoms with E-state index in [1.165, 1.54) is 11.1 Å². The fourth-order valence-corrected chi connectivity index (χ4v) is 3.15. The first-order chi connectivity index (χ1) is 12.1. The molecule has 2 nitrogen and oxygen atoms in total. The molecule has 0 amide bonds. The Bertz CT molecular complexity index is 1050. The molecule has 4 rings (SSSR count). The fraction of sp³-hybridized carbons (Fsp3) is 0.0870. The van der Waals surface area contributed by atoms with Gasteiger partial charge in [0.1, 0.15) is 11.3 Å². The highest BCUT2D eigenvalue weighted by molar-refractivity contribution is 6.02. The lowest BCUT2D eigenvalue weighted by atomic mass is 9.93. The molecule has 1 aromatic heterocycles. The van der Waals surface area contributed by atoms with Crippen LogP contribution in [-0.2, 0) is 0 Å². The van der Waals surface area contributed by atoms with Gasteiger partial charge in [-0.25, -0.2) is 0 Å². The quantitative estimate of drug-likeness (QED) is 0.498. The van der Waals surface area contributed by atoms with Crippen molar-refractivity contribution in [2.45, 2.75) is 13.8 Å². The summed E-state index contributed by atoms with van der Waals surface area (Å²) >= 11 is 0. The Balaban J connectivity index is 2.03. The Morgan fingerprint density at radius 2 is 1.28 bits per heavy atom. The summed E-state index contributed by atoms with van der Waals surface area (Å²) in [7, 11) is 0. The summed E-state index contributed by atoms with van der Waals surface area (Å²) in [5.41, 5.74) is 7.06. The molecule has 0 radical (unpaired) electrons. The van der Waals surface area contributed by atoms with Crippen molar-refractivity contribution in [1.29, 1.82) is 0 Å². The van der Waals surface area contributed by atoms with Crippen LogP contribution in [0.1, 0.15) is 11.1 Å². The number of nitrogens with zero attached hydrogens (tertiary/aromatic N) is 1. The second-order valence-electron chi connectivity index (χ2n) is 6.45. The molecule has 0 aliphatic rings. The summed E-state index contributed by atoms with van der Waals surface area (Å²) in [6, 6.07) is 22.6. The fourth-order valence-electron chi connectivity index (χ4n) is 3.15. The molecule has 0 spiro atoms. The standard InChI is InChI=1S/C23H19NO/c1-15-5-9-17(10-6-15)20-14-21(18-11-7-16(2)8-12-18)23(25)22-19(20)4-3-13-24-22/h3-14,25H,1-2H3. The van der Waals surface area contributed by atoms with Gasteiger partial charge >= 0.3 is 0 Å². The van der Waals surface area contributed by atoms with Crippen LogP contribution in [0.3, 0.4) is 0 Å². The number of phenols is 1. The van der Waals surface area contributed by atoms with E-state index in [4.69, 9.17) is 0 Å². The van der Waals surface area contributed by atoms with E-state index in [0.29, 0.717) is 5.52 Å². The van der Waals surface area contributed by atoms with Crippen molar-refractivity contribution >= 4 is 10.9 Å². The summed E-state index contributed by atoms with van der Waals surface area (Å²) in [5.74, 6) is 0.232.